The van der Waals surface area contributed by atoms with Crippen molar-refractivity contribution in [2.45, 2.75) is 44.8 Å². The van der Waals surface area contributed by atoms with Crippen molar-refractivity contribution in [1.29, 1.82) is 0 Å². The molecular formula is C22H26FN5O6. The summed E-state index contributed by atoms with van der Waals surface area (Å²) in [6.45, 7) is -0.542. The number of piperidine rings is 1. The summed E-state index contributed by atoms with van der Waals surface area (Å²) in [4.78, 5) is 63.7. The quantitative estimate of drug-likeness (QED) is 0.418. The number of nitrogen functional groups attached to an aromatic ring is 1. The number of likely N-dealkylation sites (tertiary alicyclic amines) is 1. The van der Waals surface area contributed by atoms with Gasteiger partial charge in [-0.3, -0.25) is 33.2 Å². The molecule has 1 aromatic carbocycles. The second kappa shape index (κ2) is 10.4. The molecule has 0 spiro atoms. The van der Waals surface area contributed by atoms with Crippen LogP contribution in [0.1, 0.15) is 41.6 Å². The molecule has 34 heavy (non-hydrogen) atoms. The summed E-state index contributed by atoms with van der Waals surface area (Å²) in [6, 6.07) is 4.53. The normalized spacial score (nSPS) is 16.3. The highest BCUT2D eigenvalue weighted by Gasteiger charge is 2.31. The number of carbonyl (C=O) groups excluding carboxylic acids is 2. The molecule has 0 aliphatic carbocycles. The van der Waals surface area contributed by atoms with Crippen LogP contribution in [0.5, 0.6) is 0 Å². The number of nitrogens with two attached hydrogens (primary N) is 2. The number of primary amides is 1. The number of nitrogens with zero attached hydrogens (tertiary/aromatic N) is 3. The number of aromatic nitrogens is 2. The minimum Gasteiger partial charge on any atom is -0.481 e. The van der Waals surface area contributed by atoms with Crippen LogP contribution in [0, 0.1) is 5.82 Å². The summed E-state index contributed by atoms with van der Waals surface area (Å²) >= 11 is 0. The number of anilines is 1. The average molecular weight is 475 g/mol. The fraction of sp³-hybridized carbons (Fsp3) is 0.409. The summed E-state index contributed by atoms with van der Waals surface area (Å²) in [5, 5.41) is 9.02. The van der Waals surface area contributed by atoms with Gasteiger partial charge in [-0.15, -0.1) is 0 Å². The standard InChI is InChI=1S/C22H26FN5O6/c23-14-6-4-13(5-7-14)11-28-19(24)18(21(33)27(22(28)34)10-8-17(30)31)16(29)12-26-9-2-1-3-15(26)20(25)32/h4-7,15H,1-3,8-12,24H2,(H2,25,32)(H,30,31). The lowest BCUT2D eigenvalue weighted by molar-refractivity contribution is -0.137. The minimum atomic E-state index is -1.24. The second-order valence-corrected chi connectivity index (χ2v) is 8.16. The number of rotatable bonds is 9. The number of aliphatic carboxylic acids is 1. The van der Waals surface area contributed by atoms with E-state index in [0.717, 1.165) is 17.4 Å². The first-order chi connectivity index (χ1) is 16.1. The molecule has 1 fully saturated rings. The molecule has 182 valence electrons. The van der Waals surface area contributed by atoms with Gasteiger partial charge in [0.05, 0.1) is 25.6 Å². The van der Waals surface area contributed by atoms with Gasteiger partial charge in [0.2, 0.25) is 5.91 Å². The van der Waals surface area contributed by atoms with Gasteiger partial charge in [0.15, 0.2) is 5.78 Å². The first kappa shape index (κ1) is 24.8. The summed E-state index contributed by atoms with van der Waals surface area (Å²) < 4.78 is 14.9. The molecule has 12 heteroatoms. The summed E-state index contributed by atoms with van der Waals surface area (Å²) in [6.07, 6.45) is 1.45. The molecule has 1 atom stereocenters. The van der Waals surface area contributed by atoms with Crippen molar-refractivity contribution in [2.24, 2.45) is 5.73 Å². The van der Waals surface area contributed by atoms with Gasteiger partial charge in [0, 0.05) is 6.54 Å². The van der Waals surface area contributed by atoms with Crippen molar-refractivity contribution in [1.82, 2.24) is 14.0 Å². The van der Waals surface area contributed by atoms with E-state index in [2.05, 4.69) is 0 Å². The number of benzene rings is 1. The van der Waals surface area contributed by atoms with Crippen LogP contribution < -0.4 is 22.7 Å². The second-order valence-electron chi connectivity index (χ2n) is 8.16. The van der Waals surface area contributed by atoms with Crippen molar-refractivity contribution >= 4 is 23.5 Å². The van der Waals surface area contributed by atoms with E-state index in [1.807, 2.05) is 0 Å². The van der Waals surface area contributed by atoms with Crippen LogP contribution in [0.4, 0.5) is 10.2 Å². The molecule has 1 aliphatic heterocycles. The molecule has 0 saturated carbocycles. The van der Waals surface area contributed by atoms with Crippen LogP contribution >= 0.6 is 0 Å². The third kappa shape index (κ3) is 5.39. The van der Waals surface area contributed by atoms with Gasteiger partial charge in [-0.25, -0.2) is 9.18 Å². The zero-order chi connectivity index (χ0) is 25.0. The lowest BCUT2D eigenvalue weighted by Gasteiger charge is -2.33. The number of hydrogen-bond acceptors (Lipinski definition) is 7. The molecule has 5 N–H and O–H groups in total. The Morgan fingerprint density at radius 2 is 1.76 bits per heavy atom. The van der Waals surface area contributed by atoms with E-state index in [4.69, 9.17) is 16.6 Å². The zero-order valence-corrected chi connectivity index (χ0v) is 18.4. The Hall–Kier alpha value is -3.80. The monoisotopic (exact) mass is 475 g/mol. The Balaban J connectivity index is 2.06. The number of ketones is 1. The Bertz CT molecular complexity index is 1220. The number of carboxylic acids is 1. The first-order valence-electron chi connectivity index (χ1n) is 10.8. The van der Waals surface area contributed by atoms with E-state index in [0.29, 0.717) is 23.1 Å². The SMILES string of the molecule is NC(=O)C1CCCCN1CC(=O)c1c(N)n(Cc2ccc(F)cc2)c(=O)n(CCC(=O)O)c1=O. The Labute approximate surface area is 193 Å². The van der Waals surface area contributed by atoms with E-state index < -0.39 is 59.3 Å². The maximum atomic E-state index is 13.3. The van der Waals surface area contributed by atoms with Gasteiger partial charge in [-0.05, 0) is 37.1 Å². The summed E-state index contributed by atoms with van der Waals surface area (Å²) in [7, 11) is 0. The topological polar surface area (TPSA) is 171 Å². The van der Waals surface area contributed by atoms with Gasteiger partial charge >= 0.3 is 11.7 Å². The van der Waals surface area contributed by atoms with Gasteiger partial charge in [0.25, 0.3) is 5.56 Å². The van der Waals surface area contributed by atoms with Crippen LogP contribution in [0.3, 0.4) is 0 Å². The van der Waals surface area contributed by atoms with E-state index >= 15 is 0 Å². The van der Waals surface area contributed by atoms with E-state index in [-0.39, 0.29) is 18.9 Å². The van der Waals surface area contributed by atoms with Gasteiger partial charge < -0.3 is 16.6 Å². The maximum absolute atomic E-state index is 13.3. The van der Waals surface area contributed by atoms with E-state index in [9.17, 15) is 28.4 Å². The summed E-state index contributed by atoms with van der Waals surface area (Å²) in [5.74, 6) is -3.41. The highest BCUT2D eigenvalue weighted by molar-refractivity contribution is 6.01. The predicted molar refractivity (Wildman–Crippen MR) is 120 cm³/mol. The van der Waals surface area contributed by atoms with Gasteiger partial charge in [0.1, 0.15) is 17.2 Å². The van der Waals surface area contributed by atoms with Crippen molar-refractivity contribution in [3.8, 4) is 0 Å². The van der Waals surface area contributed by atoms with Crippen molar-refractivity contribution < 1.29 is 23.9 Å². The minimum absolute atomic E-state index is 0.174. The molecule has 11 nitrogen and oxygen atoms in total. The fourth-order valence-corrected chi connectivity index (χ4v) is 4.07. The first-order valence-corrected chi connectivity index (χ1v) is 10.8. The van der Waals surface area contributed by atoms with Crippen molar-refractivity contribution in [3.63, 3.8) is 0 Å². The van der Waals surface area contributed by atoms with Crippen molar-refractivity contribution in [2.75, 3.05) is 18.8 Å². The summed E-state index contributed by atoms with van der Waals surface area (Å²) in [5.41, 5.74) is 9.68. The van der Waals surface area contributed by atoms with Gasteiger partial charge in [-0.2, -0.15) is 0 Å². The molecule has 3 rings (SSSR count). The molecule has 0 radical (unpaired) electrons. The van der Waals surface area contributed by atoms with Crippen LogP contribution in [-0.2, 0) is 22.7 Å². The smallest absolute Gasteiger partial charge is 0.332 e. The maximum Gasteiger partial charge on any atom is 0.332 e. The lowest BCUT2D eigenvalue weighted by Crippen LogP contribution is -2.51. The largest absolute Gasteiger partial charge is 0.481 e. The molecule has 1 aliphatic rings. The highest BCUT2D eigenvalue weighted by atomic mass is 19.1. The number of carbonyl (C=O) groups is 3. The van der Waals surface area contributed by atoms with E-state index in [1.54, 1.807) is 4.90 Å². The molecule has 1 unspecified atom stereocenters. The molecule has 1 saturated heterocycles. The third-order valence-corrected chi connectivity index (χ3v) is 5.84. The molecular weight excluding hydrogens is 449 g/mol. The van der Waals surface area contributed by atoms with Crippen LogP contribution in [-0.4, -0.2) is 55.9 Å². The number of amides is 1. The molecule has 2 aromatic rings. The predicted octanol–water partition coefficient (Wildman–Crippen LogP) is -0.223. The molecule has 2 heterocycles. The Morgan fingerprint density at radius 1 is 1.09 bits per heavy atom. The molecule has 1 amide bonds. The zero-order valence-electron chi connectivity index (χ0n) is 18.4. The van der Waals surface area contributed by atoms with Gasteiger partial charge in [-0.1, -0.05) is 18.6 Å². The Morgan fingerprint density at radius 3 is 2.38 bits per heavy atom. The highest BCUT2D eigenvalue weighted by Crippen LogP contribution is 2.18. The van der Waals surface area contributed by atoms with E-state index in [1.165, 1.54) is 24.3 Å². The average Bonchev–Trinajstić information content (AvgIpc) is 2.78. The number of halogens is 1. The molecule has 0 bridgehead atoms. The lowest BCUT2D eigenvalue weighted by atomic mass is 10.0. The van der Waals surface area contributed by atoms with Crippen LogP contribution in [0.2, 0.25) is 0 Å². The number of Topliss-reactive ketones (excluding diaryl/α,β-unsaturated/α-hetero) is 1. The molecule has 1 aromatic heterocycles. The van der Waals surface area contributed by atoms with Crippen molar-refractivity contribution in [3.05, 3.63) is 62.0 Å². The number of hydrogen-bond donors (Lipinski definition) is 3. The number of carboxylic acid groups (broad SMARTS) is 1. The van der Waals surface area contributed by atoms with Crippen LogP contribution in [0.25, 0.3) is 0 Å². The fourth-order valence-electron chi connectivity index (χ4n) is 4.07. The Kier molecular flexibility index (Phi) is 7.61. The third-order valence-electron chi connectivity index (χ3n) is 5.84. The van der Waals surface area contributed by atoms with Crippen LogP contribution in [0.15, 0.2) is 33.9 Å².